The molecule has 0 aliphatic rings. The highest BCUT2D eigenvalue weighted by Gasteiger charge is 2.15. The van der Waals surface area contributed by atoms with Crippen molar-refractivity contribution in [1.29, 1.82) is 0 Å². The van der Waals surface area contributed by atoms with Crippen LogP contribution in [0, 0.1) is 18.6 Å². The first kappa shape index (κ1) is 13.3. The first-order chi connectivity index (χ1) is 9.58. The largest absolute Gasteiger partial charge is 0.340 e. The lowest BCUT2D eigenvalue weighted by molar-refractivity contribution is 0.541. The van der Waals surface area contributed by atoms with E-state index in [4.69, 9.17) is 0 Å². The number of rotatable bonds is 2. The zero-order valence-corrected chi connectivity index (χ0v) is 12.4. The van der Waals surface area contributed by atoms with Crippen LogP contribution in [0.25, 0.3) is 10.9 Å². The Kier molecular flexibility index (Phi) is 3.34. The molecule has 0 spiro atoms. The van der Waals surface area contributed by atoms with Gasteiger partial charge in [-0.1, -0.05) is 18.2 Å². The Balaban J connectivity index is 2.15. The van der Waals surface area contributed by atoms with Gasteiger partial charge in [0.05, 0.1) is 11.0 Å². The van der Waals surface area contributed by atoms with E-state index in [9.17, 15) is 8.78 Å². The number of aryl methyl sites for hydroxylation is 1. The lowest BCUT2D eigenvalue weighted by atomic mass is 10.2. The summed E-state index contributed by atoms with van der Waals surface area (Å²) in [6, 6.07) is 12.5. The van der Waals surface area contributed by atoms with Crippen LogP contribution in [0.5, 0.6) is 0 Å². The van der Waals surface area contributed by atoms with Crippen LogP contribution in [0.3, 0.4) is 0 Å². The van der Waals surface area contributed by atoms with Gasteiger partial charge in [-0.3, -0.25) is 0 Å². The highest BCUT2D eigenvalue weighted by atomic mass is 79.9. The predicted molar refractivity (Wildman–Crippen MR) is 79.8 cm³/mol. The fraction of sp³-hybridized carbons (Fsp3) is 0.125. The molecule has 0 radical (unpaired) electrons. The van der Waals surface area contributed by atoms with Gasteiger partial charge in [0, 0.05) is 16.8 Å². The molecule has 3 rings (SSSR count). The molecule has 0 saturated carbocycles. The zero-order valence-electron chi connectivity index (χ0n) is 10.8. The molecule has 2 aromatic carbocycles. The molecule has 102 valence electrons. The molecule has 0 aliphatic carbocycles. The number of para-hydroxylation sites is 1. The van der Waals surface area contributed by atoms with Crippen LogP contribution in [0.2, 0.25) is 0 Å². The van der Waals surface area contributed by atoms with Crippen LogP contribution in [0.4, 0.5) is 8.78 Å². The molecular formula is C16H12BrF2N. The van der Waals surface area contributed by atoms with E-state index in [1.54, 1.807) is 0 Å². The summed E-state index contributed by atoms with van der Waals surface area (Å²) in [6.07, 6.45) is 0. The molecule has 0 fully saturated rings. The number of hydrogen-bond acceptors (Lipinski definition) is 0. The fourth-order valence-corrected chi connectivity index (χ4v) is 2.80. The lowest BCUT2D eigenvalue weighted by Crippen LogP contribution is -2.06. The molecule has 0 unspecified atom stereocenters. The Morgan fingerprint density at radius 2 is 1.85 bits per heavy atom. The van der Waals surface area contributed by atoms with E-state index in [2.05, 4.69) is 15.9 Å². The minimum absolute atomic E-state index is 0.0730. The summed E-state index contributed by atoms with van der Waals surface area (Å²) in [5.41, 5.74) is 2.03. The van der Waals surface area contributed by atoms with Gasteiger partial charge in [-0.2, -0.15) is 0 Å². The summed E-state index contributed by atoms with van der Waals surface area (Å²) in [6.45, 7) is 2.12. The summed E-state index contributed by atoms with van der Waals surface area (Å²) in [5, 5.41) is 1.07. The van der Waals surface area contributed by atoms with E-state index in [0.717, 1.165) is 16.6 Å². The third kappa shape index (κ3) is 2.14. The maximum Gasteiger partial charge on any atom is 0.145 e. The van der Waals surface area contributed by atoms with Crippen LogP contribution in [0.1, 0.15) is 11.3 Å². The van der Waals surface area contributed by atoms with Crippen LogP contribution >= 0.6 is 15.9 Å². The Morgan fingerprint density at radius 3 is 2.65 bits per heavy atom. The minimum atomic E-state index is -0.540. The Morgan fingerprint density at radius 1 is 1.10 bits per heavy atom. The lowest BCUT2D eigenvalue weighted by Gasteiger charge is -2.11. The maximum atomic E-state index is 14.1. The molecule has 0 saturated heterocycles. The summed E-state index contributed by atoms with van der Waals surface area (Å²) >= 11 is 3.10. The Labute approximate surface area is 124 Å². The number of halogens is 3. The van der Waals surface area contributed by atoms with Crippen LogP contribution < -0.4 is 0 Å². The molecule has 1 aromatic heterocycles. The molecule has 0 bridgehead atoms. The average molecular weight is 336 g/mol. The third-order valence-corrected chi connectivity index (χ3v) is 4.09. The van der Waals surface area contributed by atoms with Gasteiger partial charge in [0.25, 0.3) is 0 Å². The van der Waals surface area contributed by atoms with Gasteiger partial charge in [-0.25, -0.2) is 8.78 Å². The molecule has 0 atom stereocenters. The van der Waals surface area contributed by atoms with Gasteiger partial charge in [0.15, 0.2) is 0 Å². The van der Waals surface area contributed by atoms with Crippen molar-refractivity contribution in [1.82, 2.24) is 4.57 Å². The molecule has 0 aliphatic heterocycles. The van der Waals surface area contributed by atoms with E-state index in [-0.39, 0.29) is 16.6 Å². The van der Waals surface area contributed by atoms with Crippen molar-refractivity contribution in [3.63, 3.8) is 0 Å². The van der Waals surface area contributed by atoms with E-state index in [1.807, 2.05) is 41.8 Å². The van der Waals surface area contributed by atoms with Crippen molar-refractivity contribution < 1.29 is 8.78 Å². The van der Waals surface area contributed by atoms with E-state index in [1.165, 1.54) is 12.1 Å². The first-order valence-corrected chi connectivity index (χ1v) is 7.04. The summed E-state index contributed by atoms with van der Waals surface area (Å²) in [7, 11) is 0. The minimum Gasteiger partial charge on any atom is -0.340 e. The first-order valence-electron chi connectivity index (χ1n) is 6.25. The van der Waals surface area contributed by atoms with Crippen molar-refractivity contribution in [3.05, 3.63) is 69.8 Å². The van der Waals surface area contributed by atoms with E-state index < -0.39 is 11.6 Å². The van der Waals surface area contributed by atoms with Crippen LogP contribution in [-0.4, -0.2) is 4.57 Å². The van der Waals surface area contributed by atoms with Crippen molar-refractivity contribution in [3.8, 4) is 0 Å². The predicted octanol–water partition coefficient (Wildman–Crippen LogP) is 5.04. The number of benzene rings is 2. The van der Waals surface area contributed by atoms with Gasteiger partial charge in [-0.05, 0) is 52.5 Å². The summed E-state index contributed by atoms with van der Waals surface area (Å²) < 4.78 is 30.2. The number of hydrogen-bond donors (Lipinski definition) is 0. The number of aromatic nitrogens is 1. The van der Waals surface area contributed by atoms with Crippen molar-refractivity contribution in [2.45, 2.75) is 13.5 Å². The van der Waals surface area contributed by atoms with Crippen LogP contribution in [-0.2, 0) is 6.54 Å². The van der Waals surface area contributed by atoms with Gasteiger partial charge >= 0.3 is 0 Å². The molecule has 3 aromatic rings. The molecule has 1 nitrogen and oxygen atoms in total. The quantitative estimate of drug-likeness (QED) is 0.578. The second-order valence-corrected chi connectivity index (χ2v) is 5.61. The van der Waals surface area contributed by atoms with Crippen molar-refractivity contribution in [2.24, 2.45) is 0 Å². The second-order valence-electron chi connectivity index (χ2n) is 4.75. The monoisotopic (exact) mass is 335 g/mol. The maximum absolute atomic E-state index is 14.1. The molecule has 4 heteroatoms. The second kappa shape index (κ2) is 5.02. The Bertz CT molecular complexity index is 793. The SMILES string of the molecule is Cc1cc2ccccc2n1Cc1c(F)ccc(Br)c1F. The third-order valence-electron chi connectivity index (χ3n) is 3.47. The van der Waals surface area contributed by atoms with Gasteiger partial charge < -0.3 is 4.57 Å². The fourth-order valence-electron chi connectivity index (χ4n) is 2.43. The normalized spacial score (nSPS) is 11.2. The molecule has 0 amide bonds. The summed E-state index contributed by atoms with van der Waals surface area (Å²) in [4.78, 5) is 0. The van der Waals surface area contributed by atoms with Gasteiger partial charge in [0.1, 0.15) is 11.6 Å². The highest BCUT2D eigenvalue weighted by Crippen LogP contribution is 2.25. The molecule has 1 heterocycles. The standard InChI is InChI=1S/C16H12BrF2N/c1-10-8-11-4-2-3-5-15(11)20(10)9-12-14(18)7-6-13(17)16(12)19/h2-8H,9H2,1H3. The average Bonchev–Trinajstić information content (AvgIpc) is 2.75. The van der Waals surface area contributed by atoms with Gasteiger partial charge in [0.2, 0.25) is 0 Å². The number of fused-ring (bicyclic) bond motifs is 1. The summed E-state index contributed by atoms with van der Waals surface area (Å²) in [5.74, 6) is -1.06. The Hall–Kier alpha value is -1.68. The van der Waals surface area contributed by atoms with Gasteiger partial charge in [-0.15, -0.1) is 0 Å². The van der Waals surface area contributed by atoms with E-state index >= 15 is 0 Å². The topological polar surface area (TPSA) is 4.93 Å². The number of nitrogens with zero attached hydrogens (tertiary/aromatic N) is 1. The van der Waals surface area contributed by atoms with Crippen LogP contribution in [0.15, 0.2) is 46.9 Å². The molecule has 20 heavy (non-hydrogen) atoms. The smallest absolute Gasteiger partial charge is 0.145 e. The molecular weight excluding hydrogens is 324 g/mol. The zero-order chi connectivity index (χ0) is 14.3. The van der Waals surface area contributed by atoms with E-state index in [0.29, 0.717) is 0 Å². The van der Waals surface area contributed by atoms with Crippen molar-refractivity contribution in [2.75, 3.05) is 0 Å². The molecule has 0 N–H and O–H groups in total. The van der Waals surface area contributed by atoms with Crippen molar-refractivity contribution >= 4 is 26.8 Å². The highest BCUT2D eigenvalue weighted by molar-refractivity contribution is 9.10.